The molecule has 1 aromatic carbocycles. The molecular weight excluding hydrogens is 281 g/mol. The van der Waals surface area contributed by atoms with Crippen LogP contribution in [0.3, 0.4) is 0 Å². The lowest BCUT2D eigenvalue weighted by atomic mass is 9.89. The summed E-state index contributed by atoms with van der Waals surface area (Å²) in [5.41, 5.74) is -0.766. The second-order valence-electron chi connectivity index (χ2n) is 5.63. The van der Waals surface area contributed by atoms with E-state index in [9.17, 15) is 18.0 Å². The van der Waals surface area contributed by atoms with Crippen LogP contribution in [-0.4, -0.2) is 5.97 Å². The molecule has 0 amide bonds. The highest BCUT2D eigenvalue weighted by molar-refractivity contribution is 5.87. The largest absolute Gasteiger partial charge is 0.451 e. The van der Waals surface area contributed by atoms with Gasteiger partial charge in [0, 0.05) is 11.5 Å². The average molecular weight is 298 g/mol. The van der Waals surface area contributed by atoms with Gasteiger partial charge < -0.3 is 4.74 Å². The first-order valence-corrected chi connectivity index (χ1v) is 6.71. The Kier molecular flexibility index (Phi) is 3.87. The first kappa shape index (κ1) is 15.6. The van der Waals surface area contributed by atoms with Crippen LogP contribution in [0.2, 0.25) is 0 Å². The van der Waals surface area contributed by atoms with Crippen molar-refractivity contribution in [1.82, 2.24) is 0 Å². The molecule has 1 aromatic rings. The van der Waals surface area contributed by atoms with E-state index in [1.54, 1.807) is 13.8 Å². The van der Waals surface area contributed by atoms with Gasteiger partial charge in [0.1, 0.15) is 5.60 Å². The van der Waals surface area contributed by atoms with Crippen LogP contribution in [0.4, 0.5) is 13.2 Å². The Morgan fingerprint density at radius 2 is 1.67 bits per heavy atom. The summed E-state index contributed by atoms with van der Waals surface area (Å²) in [5, 5.41) is 0. The van der Waals surface area contributed by atoms with E-state index in [0.29, 0.717) is 5.56 Å². The molecule has 0 aliphatic heterocycles. The molecule has 2 nitrogen and oxygen atoms in total. The minimum Gasteiger partial charge on any atom is -0.451 e. The zero-order chi connectivity index (χ0) is 15.8. The van der Waals surface area contributed by atoms with Crippen molar-refractivity contribution in [3.63, 3.8) is 0 Å². The molecule has 1 unspecified atom stereocenters. The van der Waals surface area contributed by atoms with Crippen LogP contribution in [0.25, 0.3) is 0 Å². The first-order valence-electron chi connectivity index (χ1n) is 6.71. The molecule has 1 saturated carbocycles. The molecule has 1 atom stereocenters. The summed E-state index contributed by atoms with van der Waals surface area (Å²) in [5.74, 6) is -0.387. The zero-order valence-electron chi connectivity index (χ0n) is 12.0. The number of rotatable bonds is 4. The highest BCUT2D eigenvalue weighted by atomic mass is 19.4. The molecule has 1 aliphatic carbocycles. The lowest BCUT2D eigenvalue weighted by Gasteiger charge is -2.30. The maximum atomic E-state index is 12.6. The molecule has 1 aliphatic rings. The quantitative estimate of drug-likeness (QED) is 0.606. The van der Waals surface area contributed by atoms with Crippen LogP contribution in [-0.2, 0) is 21.3 Å². The minimum absolute atomic E-state index is 0.137. The Morgan fingerprint density at radius 3 is 2.05 bits per heavy atom. The number of carbonyl (C=O) groups is 1. The standard InChI is InChI=1S/C16H17F3O2/c1-10(2)14(20)21-15(3,11-4-5-11)12-6-8-13(9-7-12)16(17,18)19/h6-9,11H,1,4-5H2,2-3H3. The van der Waals surface area contributed by atoms with Crippen LogP contribution in [0.15, 0.2) is 36.4 Å². The summed E-state index contributed by atoms with van der Waals surface area (Å²) >= 11 is 0. The molecule has 1 fully saturated rings. The number of hydrogen-bond acceptors (Lipinski definition) is 2. The monoisotopic (exact) mass is 298 g/mol. The van der Waals surface area contributed by atoms with Crippen LogP contribution >= 0.6 is 0 Å². The van der Waals surface area contributed by atoms with E-state index in [2.05, 4.69) is 6.58 Å². The van der Waals surface area contributed by atoms with E-state index < -0.39 is 23.3 Å². The van der Waals surface area contributed by atoms with Gasteiger partial charge in [0.05, 0.1) is 5.56 Å². The fourth-order valence-corrected chi connectivity index (χ4v) is 2.28. The molecule has 0 aromatic heterocycles. The lowest BCUT2D eigenvalue weighted by molar-refractivity contribution is -0.156. The minimum atomic E-state index is -4.37. The van der Waals surface area contributed by atoms with Crippen molar-refractivity contribution in [2.24, 2.45) is 5.92 Å². The third-order valence-corrected chi connectivity index (χ3v) is 3.79. The Balaban J connectivity index is 2.30. The Morgan fingerprint density at radius 1 is 1.19 bits per heavy atom. The third kappa shape index (κ3) is 3.28. The van der Waals surface area contributed by atoms with Gasteiger partial charge in [0.25, 0.3) is 0 Å². The van der Waals surface area contributed by atoms with Gasteiger partial charge >= 0.3 is 12.1 Å². The molecule has 0 bridgehead atoms. The highest BCUT2D eigenvalue weighted by Gasteiger charge is 2.46. The van der Waals surface area contributed by atoms with Crippen molar-refractivity contribution in [1.29, 1.82) is 0 Å². The lowest BCUT2D eigenvalue weighted by Crippen LogP contribution is -2.32. The second-order valence-corrected chi connectivity index (χ2v) is 5.63. The van der Waals surface area contributed by atoms with Crippen LogP contribution in [0.1, 0.15) is 37.8 Å². The van der Waals surface area contributed by atoms with Gasteiger partial charge in [-0.25, -0.2) is 4.79 Å². The van der Waals surface area contributed by atoms with E-state index in [0.717, 1.165) is 25.0 Å². The van der Waals surface area contributed by atoms with Gasteiger partial charge in [-0.15, -0.1) is 0 Å². The molecule has 21 heavy (non-hydrogen) atoms. The van der Waals surface area contributed by atoms with E-state index in [1.165, 1.54) is 12.1 Å². The predicted octanol–water partition coefficient (Wildman–Crippen LogP) is 4.45. The summed E-state index contributed by atoms with van der Waals surface area (Å²) < 4.78 is 43.3. The molecule has 114 valence electrons. The zero-order valence-corrected chi connectivity index (χ0v) is 12.0. The van der Waals surface area contributed by atoms with E-state index in [1.807, 2.05) is 0 Å². The molecule has 2 rings (SSSR count). The highest BCUT2D eigenvalue weighted by Crippen LogP contribution is 2.48. The molecule has 0 radical (unpaired) electrons. The van der Waals surface area contributed by atoms with E-state index >= 15 is 0 Å². The average Bonchev–Trinajstić information content (AvgIpc) is 3.22. The summed E-state index contributed by atoms with van der Waals surface area (Å²) in [7, 11) is 0. The van der Waals surface area contributed by atoms with Crippen molar-refractivity contribution < 1.29 is 22.7 Å². The summed E-state index contributed by atoms with van der Waals surface area (Å²) in [6.45, 7) is 6.82. The van der Waals surface area contributed by atoms with Gasteiger partial charge in [-0.2, -0.15) is 13.2 Å². The Labute approximate surface area is 121 Å². The number of esters is 1. The second kappa shape index (κ2) is 5.20. The van der Waals surface area contributed by atoms with Gasteiger partial charge in [-0.1, -0.05) is 18.7 Å². The fraction of sp³-hybridized carbons (Fsp3) is 0.438. The molecule has 0 N–H and O–H groups in total. The van der Waals surface area contributed by atoms with Gasteiger partial charge in [-0.3, -0.25) is 0 Å². The Bertz CT molecular complexity index is 556. The summed E-state index contributed by atoms with van der Waals surface area (Å²) in [4.78, 5) is 11.8. The predicted molar refractivity (Wildman–Crippen MR) is 72.4 cm³/mol. The third-order valence-electron chi connectivity index (χ3n) is 3.79. The number of halogens is 3. The smallest absolute Gasteiger partial charge is 0.416 e. The maximum absolute atomic E-state index is 12.6. The molecule has 5 heteroatoms. The SMILES string of the molecule is C=C(C)C(=O)OC(C)(c1ccc(C(F)(F)F)cc1)C1CC1. The van der Waals surface area contributed by atoms with Gasteiger partial charge in [-0.05, 0) is 44.4 Å². The maximum Gasteiger partial charge on any atom is 0.416 e. The molecule has 0 saturated heterocycles. The normalized spacial score (nSPS) is 18.0. The van der Waals surface area contributed by atoms with Crippen molar-refractivity contribution >= 4 is 5.97 Å². The fourth-order valence-electron chi connectivity index (χ4n) is 2.28. The van der Waals surface area contributed by atoms with Crippen molar-refractivity contribution in [3.8, 4) is 0 Å². The molecule has 0 spiro atoms. The van der Waals surface area contributed by atoms with Crippen molar-refractivity contribution in [2.75, 3.05) is 0 Å². The first-order chi connectivity index (χ1) is 9.64. The number of hydrogen-bond donors (Lipinski definition) is 0. The Hall–Kier alpha value is -1.78. The number of alkyl halides is 3. The van der Waals surface area contributed by atoms with Gasteiger partial charge in [0.15, 0.2) is 0 Å². The van der Waals surface area contributed by atoms with Crippen molar-refractivity contribution in [3.05, 3.63) is 47.5 Å². The topological polar surface area (TPSA) is 26.3 Å². The molecule has 0 heterocycles. The summed E-state index contributed by atoms with van der Waals surface area (Å²) in [6.07, 6.45) is -2.59. The van der Waals surface area contributed by atoms with Crippen LogP contribution in [0.5, 0.6) is 0 Å². The molecular formula is C16H17F3O2. The summed E-state index contributed by atoms with van der Waals surface area (Å²) in [6, 6.07) is 4.80. The van der Waals surface area contributed by atoms with Crippen LogP contribution < -0.4 is 0 Å². The number of ether oxygens (including phenoxy) is 1. The number of carbonyl (C=O) groups excluding carboxylic acids is 1. The number of benzene rings is 1. The van der Waals surface area contributed by atoms with Gasteiger partial charge in [0.2, 0.25) is 0 Å². The van der Waals surface area contributed by atoms with E-state index in [-0.39, 0.29) is 11.5 Å². The van der Waals surface area contributed by atoms with Crippen LogP contribution in [0, 0.1) is 5.92 Å². The van der Waals surface area contributed by atoms with E-state index in [4.69, 9.17) is 4.74 Å². The van der Waals surface area contributed by atoms with Crippen molar-refractivity contribution in [2.45, 2.75) is 38.5 Å².